The van der Waals surface area contributed by atoms with Crippen LogP contribution >= 0.6 is 23.4 Å². The predicted molar refractivity (Wildman–Crippen MR) is 69.3 cm³/mol. The largest absolute Gasteiger partial charge is 0.248 e. The van der Waals surface area contributed by atoms with Crippen LogP contribution in [0.4, 0.5) is 0 Å². The minimum Gasteiger partial charge on any atom is -0.248 e. The lowest BCUT2D eigenvalue weighted by Crippen LogP contribution is -1.87. The topological polar surface area (TPSA) is 36.7 Å². The molecule has 0 fully saturated rings. The molecule has 1 heterocycles. The van der Waals surface area contributed by atoms with Gasteiger partial charge in [-0.05, 0) is 24.6 Å². The molecule has 0 aliphatic rings. The Kier molecular flexibility index (Phi) is 3.68. The van der Waals surface area contributed by atoms with E-state index in [0.717, 1.165) is 10.5 Å². The van der Waals surface area contributed by atoms with Crippen LogP contribution in [0.15, 0.2) is 46.5 Å². The summed E-state index contributed by atoms with van der Waals surface area (Å²) in [5.74, 6) is 0. The predicted octanol–water partition coefficient (Wildman–Crippen LogP) is 4.07. The molecule has 1 aromatic carbocycles. The van der Waals surface area contributed by atoms with Crippen molar-refractivity contribution in [1.82, 2.24) is 4.98 Å². The molecular weight excluding hydrogens is 252 g/mol. The van der Waals surface area contributed by atoms with Crippen LogP contribution in [0.5, 0.6) is 0 Å². The van der Waals surface area contributed by atoms with E-state index < -0.39 is 0 Å². The molecule has 0 saturated carbocycles. The van der Waals surface area contributed by atoms with Crippen LogP contribution in [0.2, 0.25) is 5.02 Å². The van der Waals surface area contributed by atoms with Crippen molar-refractivity contribution in [2.24, 2.45) is 0 Å². The first-order valence-electron chi connectivity index (χ1n) is 5.00. The molecule has 2 nitrogen and oxygen atoms in total. The molecule has 0 radical (unpaired) electrons. The third kappa shape index (κ3) is 2.60. The van der Waals surface area contributed by atoms with Gasteiger partial charge in [0.05, 0.1) is 10.6 Å². The summed E-state index contributed by atoms with van der Waals surface area (Å²) in [5, 5.41) is 9.98. The molecule has 1 aromatic heterocycles. The number of rotatable bonds is 2. The van der Waals surface area contributed by atoms with E-state index in [1.54, 1.807) is 12.3 Å². The Morgan fingerprint density at radius 3 is 2.76 bits per heavy atom. The average Bonchev–Trinajstić information content (AvgIpc) is 2.34. The number of hydrogen-bond acceptors (Lipinski definition) is 3. The molecule has 2 rings (SSSR count). The summed E-state index contributed by atoms with van der Waals surface area (Å²) in [6.45, 7) is 2.03. The summed E-state index contributed by atoms with van der Waals surface area (Å²) in [7, 11) is 0. The van der Waals surface area contributed by atoms with Crippen molar-refractivity contribution in [2.45, 2.75) is 16.8 Å². The van der Waals surface area contributed by atoms with Gasteiger partial charge in [0.15, 0.2) is 0 Å². The van der Waals surface area contributed by atoms with Crippen LogP contribution < -0.4 is 0 Å². The van der Waals surface area contributed by atoms with Crippen molar-refractivity contribution in [3.8, 4) is 6.07 Å². The normalized spacial score (nSPS) is 9.94. The summed E-state index contributed by atoms with van der Waals surface area (Å²) in [6, 6.07) is 11.7. The first-order chi connectivity index (χ1) is 8.22. The molecule has 0 unspecified atom stereocenters. The fraction of sp³-hybridized carbons (Fsp3) is 0.0769. The van der Waals surface area contributed by atoms with E-state index in [4.69, 9.17) is 16.9 Å². The van der Waals surface area contributed by atoms with Crippen LogP contribution in [0.25, 0.3) is 0 Å². The monoisotopic (exact) mass is 260 g/mol. The summed E-state index contributed by atoms with van der Waals surface area (Å²) >= 11 is 7.58. The Hall–Kier alpha value is -1.50. The zero-order valence-corrected chi connectivity index (χ0v) is 10.7. The van der Waals surface area contributed by atoms with Gasteiger partial charge in [0.2, 0.25) is 0 Å². The van der Waals surface area contributed by atoms with Crippen molar-refractivity contribution >= 4 is 23.4 Å². The van der Waals surface area contributed by atoms with Gasteiger partial charge < -0.3 is 0 Å². The number of aryl methyl sites for hydroxylation is 1. The van der Waals surface area contributed by atoms with Gasteiger partial charge in [-0.3, -0.25) is 0 Å². The van der Waals surface area contributed by atoms with E-state index in [0.29, 0.717) is 15.6 Å². The molecule has 0 bridgehead atoms. The molecule has 0 N–H and O–H groups in total. The van der Waals surface area contributed by atoms with Gasteiger partial charge >= 0.3 is 0 Å². The number of pyridine rings is 1. The maximum atomic E-state index is 8.89. The molecular formula is C13H9ClN2S. The average molecular weight is 261 g/mol. The number of halogens is 1. The summed E-state index contributed by atoms with van der Waals surface area (Å²) < 4.78 is 0. The Morgan fingerprint density at radius 2 is 2.06 bits per heavy atom. The molecule has 0 spiro atoms. The summed E-state index contributed by atoms with van der Waals surface area (Å²) in [5.41, 5.74) is 1.62. The molecule has 0 atom stereocenters. The van der Waals surface area contributed by atoms with Gasteiger partial charge in [0.1, 0.15) is 11.1 Å². The van der Waals surface area contributed by atoms with Gasteiger partial charge in [-0.1, -0.05) is 41.6 Å². The molecule has 17 heavy (non-hydrogen) atoms. The zero-order chi connectivity index (χ0) is 12.3. The minimum atomic E-state index is 0.420. The smallest absolute Gasteiger partial charge is 0.121 e. The van der Waals surface area contributed by atoms with E-state index >= 15 is 0 Å². The summed E-state index contributed by atoms with van der Waals surface area (Å²) in [4.78, 5) is 5.30. The van der Waals surface area contributed by atoms with E-state index in [9.17, 15) is 0 Å². The molecule has 0 aliphatic heterocycles. The third-order valence-electron chi connectivity index (χ3n) is 2.28. The second-order valence-electron chi connectivity index (χ2n) is 3.46. The standard InChI is InChI=1S/C13H9ClN2S/c1-9-4-2-3-5-11(9)17-13-12(14)10(8-15)6-7-16-13/h2-7H,1H3. The number of aromatic nitrogens is 1. The van der Waals surface area contributed by atoms with Crippen molar-refractivity contribution in [3.05, 3.63) is 52.7 Å². The van der Waals surface area contributed by atoms with Crippen LogP contribution in [0.1, 0.15) is 11.1 Å². The van der Waals surface area contributed by atoms with E-state index in [1.165, 1.54) is 11.8 Å². The molecule has 84 valence electrons. The van der Waals surface area contributed by atoms with Crippen LogP contribution in [-0.4, -0.2) is 4.98 Å². The van der Waals surface area contributed by atoms with Gasteiger partial charge in [-0.2, -0.15) is 5.26 Å². The van der Waals surface area contributed by atoms with Crippen LogP contribution in [0.3, 0.4) is 0 Å². The van der Waals surface area contributed by atoms with Gasteiger partial charge in [0.25, 0.3) is 0 Å². The van der Waals surface area contributed by atoms with Crippen molar-refractivity contribution < 1.29 is 0 Å². The van der Waals surface area contributed by atoms with Gasteiger partial charge in [-0.15, -0.1) is 0 Å². The van der Waals surface area contributed by atoms with Crippen molar-refractivity contribution in [2.75, 3.05) is 0 Å². The minimum absolute atomic E-state index is 0.420. The second-order valence-corrected chi connectivity index (χ2v) is 4.87. The molecule has 4 heteroatoms. The Morgan fingerprint density at radius 1 is 1.29 bits per heavy atom. The number of nitrogens with zero attached hydrogens (tertiary/aromatic N) is 2. The Labute approximate surface area is 109 Å². The molecule has 2 aromatic rings. The van der Waals surface area contributed by atoms with Crippen molar-refractivity contribution in [3.63, 3.8) is 0 Å². The quantitative estimate of drug-likeness (QED) is 0.817. The van der Waals surface area contributed by atoms with Gasteiger partial charge in [0, 0.05) is 11.1 Å². The van der Waals surface area contributed by atoms with Crippen molar-refractivity contribution in [1.29, 1.82) is 5.26 Å². The number of nitriles is 1. The van der Waals surface area contributed by atoms with Crippen LogP contribution in [-0.2, 0) is 0 Å². The van der Waals surface area contributed by atoms with E-state index in [-0.39, 0.29) is 0 Å². The Balaban J connectivity index is 2.38. The highest BCUT2D eigenvalue weighted by Gasteiger charge is 2.09. The lowest BCUT2D eigenvalue weighted by Gasteiger charge is -2.06. The van der Waals surface area contributed by atoms with E-state index in [2.05, 4.69) is 11.1 Å². The lowest BCUT2D eigenvalue weighted by atomic mass is 10.2. The Bertz CT molecular complexity index is 590. The van der Waals surface area contributed by atoms with Gasteiger partial charge in [-0.25, -0.2) is 4.98 Å². The fourth-order valence-corrected chi connectivity index (χ4v) is 2.52. The lowest BCUT2D eigenvalue weighted by molar-refractivity contribution is 1.12. The third-order valence-corrected chi connectivity index (χ3v) is 3.95. The molecule has 0 aliphatic carbocycles. The maximum Gasteiger partial charge on any atom is 0.121 e. The first-order valence-corrected chi connectivity index (χ1v) is 6.20. The zero-order valence-electron chi connectivity index (χ0n) is 9.14. The maximum absolute atomic E-state index is 8.89. The molecule has 0 amide bonds. The summed E-state index contributed by atoms with van der Waals surface area (Å²) in [6.07, 6.45) is 1.60. The highest BCUT2D eigenvalue weighted by Crippen LogP contribution is 2.34. The highest BCUT2D eigenvalue weighted by molar-refractivity contribution is 7.99. The second kappa shape index (κ2) is 5.22. The fourth-order valence-electron chi connectivity index (χ4n) is 1.36. The molecule has 0 saturated heterocycles. The highest BCUT2D eigenvalue weighted by atomic mass is 35.5. The number of hydrogen-bond donors (Lipinski definition) is 0. The van der Waals surface area contributed by atoms with E-state index in [1.807, 2.05) is 31.2 Å². The number of benzene rings is 1. The first kappa shape index (κ1) is 12.0. The SMILES string of the molecule is Cc1ccccc1Sc1nccc(C#N)c1Cl. The van der Waals surface area contributed by atoms with Crippen LogP contribution in [0, 0.1) is 18.3 Å².